The normalized spacial score (nSPS) is 22.7. The highest BCUT2D eigenvalue weighted by atomic mass is 35.5. The van der Waals surface area contributed by atoms with Gasteiger partial charge in [-0.2, -0.15) is 0 Å². The number of hydrogen-bond donors (Lipinski definition) is 2. The maximum atomic E-state index is 13.5. The summed E-state index contributed by atoms with van der Waals surface area (Å²) < 4.78 is 9.74. The highest BCUT2D eigenvalue weighted by Crippen LogP contribution is 2.44. The number of aryl methyl sites for hydroxylation is 1. The lowest BCUT2D eigenvalue weighted by Crippen LogP contribution is -2.49. The second-order valence-electron chi connectivity index (χ2n) is 15.6. The van der Waals surface area contributed by atoms with Crippen LogP contribution in [0.5, 0.6) is 5.75 Å². The third-order valence-corrected chi connectivity index (χ3v) is 13.4. The van der Waals surface area contributed by atoms with Crippen molar-refractivity contribution in [1.29, 1.82) is 0 Å². The highest BCUT2D eigenvalue weighted by molar-refractivity contribution is 8.13. The Morgan fingerprint density at radius 2 is 1.94 bits per heavy atom. The van der Waals surface area contributed by atoms with Gasteiger partial charge in [0.05, 0.1) is 18.8 Å². The predicted octanol–water partition coefficient (Wildman–Crippen LogP) is 8.23. The molecule has 54 heavy (non-hydrogen) atoms. The van der Waals surface area contributed by atoms with Gasteiger partial charge < -0.3 is 29.2 Å². The van der Waals surface area contributed by atoms with E-state index in [1.165, 1.54) is 43.2 Å². The summed E-state index contributed by atoms with van der Waals surface area (Å²) in [4.78, 5) is 32.8. The number of aldehydes is 1. The molecule has 2 aromatic carbocycles. The van der Waals surface area contributed by atoms with Crippen LogP contribution in [0.1, 0.15) is 100 Å². The van der Waals surface area contributed by atoms with Crippen molar-refractivity contribution in [3.63, 3.8) is 0 Å². The van der Waals surface area contributed by atoms with E-state index in [4.69, 9.17) is 21.4 Å². The number of likely N-dealkylation sites (N-methyl/N-ethyl adjacent to an activating group) is 1. The molecular weight excluding hydrogens is 716 g/mol. The number of benzene rings is 2. The van der Waals surface area contributed by atoms with Gasteiger partial charge in [-0.3, -0.25) is 9.69 Å². The quantitative estimate of drug-likeness (QED) is 0.0951. The molecule has 1 saturated heterocycles. The molecule has 0 radical (unpaired) electrons. The van der Waals surface area contributed by atoms with Gasteiger partial charge in [0.1, 0.15) is 12.0 Å². The minimum absolute atomic E-state index is 0.0938. The molecule has 300 valence electrons. The zero-order valence-electron chi connectivity index (χ0n) is 33.8. The first-order valence-electron chi connectivity index (χ1n) is 20.2. The van der Waals surface area contributed by atoms with Gasteiger partial charge in [0.2, 0.25) is 0 Å². The van der Waals surface area contributed by atoms with E-state index in [9.17, 15) is 9.59 Å². The Balaban J connectivity index is 0.00000319. The molecule has 2 heterocycles. The number of carbonyl (C=O) groups excluding carboxylic acids is 2. The van der Waals surface area contributed by atoms with E-state index in [2.05, 4.69) is 84.3 Å². The number of nitrogens with zero attached hydrogens (tertiary/aromatic N) is 3. The summed E-state index contributed by atoms with van der Waals surface area (Å²) in [6.45, 7) is 14.3. The number of halogens is 1. The molecule has 1 saturated carbocycles. The second-order valence-corrected chi connectivity index (χ2v) is 18.1. The number of piperidine rings is 1. The van der Waals surface area contributed by atoms with E-state index in [1.54, 1.807) is 0 Å². The van der Waals surface area contributed by atoms with Gasteiger partial charge in [0.15, 0.2) is 0 Å². The maximum Gasteiger partial charge on any atom is 0.260 e. The fraction of sp³-hybridized carbons (Fsp3) is 0.614. The molecule has 3 aliphatic rings. The zero-order valence-corrected chi connectivity index (χ0v) is 35.3. The summed E-state index contributed by atoms with van der Waals surface area (Å²) in [5.41, 5.74) is 4.21. The lowest BCUT2D eigenvalue weighted by molar-refractivity contribution is -0.109. The molecule has 0 bridgehead atoms. The van der Waals surface area contributed by atoms with Crippen molar-refractivity contribution in [2.75, 3.05) is 64.9 Å². The zero-order chi connectivity index (χ0) is 39.2. The molecule has 2 N–H and O–H groups in total. The monoisotopic (exact) mass is 782 g/mol. The summed E-state index contributed by atoms with van der Waals surface area (Å²) in [5.74, 6) is 6.45. The van der Waals surface area contributed by atoms with Crippen molar-refractivity contribution in [3.8, 4) is 5.75 Å². The number of anilines is 1. The highest BCUT2D eigenvalue weighted by Gasteiger charge is 2.39. The number of amides is 1. The third-order valence-electron chi connectivity index (χ3n) is 11.6. The first-order chi connectivity index (χ1) is 26.1. The Kier molecular flexibility index (Phi) is 18.1. The van der Waals surface area contributed by atoms with Crippen molar-refractivity contribution < 1.29 is 19.4 Å². The number of aliphatic hydroxyl groups is 1. The fourth-order valence-corrected chi connectivity index (χ4v) is 9.16. The van der Waals surface area contributed by atoms with Crippen LogP contribution >= 0.6 is 22.3 Å². The van der Waals surface area contributed by atoms with Gasteiger partial charge >= 0.3 is 0 Å². The number of carbonyl (C=O) groups is 2. The minimum Gasteiger partial charge on any atom is -0.491 e. The SMILES string of the molecule is C=S(NC(=O)c1ccc2c(c1)N(CC1CCC1C(/C=C/CC)CN(CC=O)CC1CCCCN1C)CC(c1ccc(Cl)cc1CCC)CO2)C(C)C.CO. The van der Waals surface area contributed by atoms with E-state index >= 15 is 0 Å². The number of rotatable bonds is 17. The van der Waals surface area contributed by atoms with Gasteiger partial charge in [-0.15, -0.1) is 0 Å². The van der Waals surface area contributed by atoms with Gasteiger partial charge in [-0.1, -0.05) is 86.9 Å². The first-order valence-corrected chi connectivity index (χ1v) is 22.1. The van der Waals surface area contributed by atoms with Crippen LogP contribution < -0.4 is 14.4 Å². The van der Waals surface area contributed by atoms with Crippen LogP contribution in [-0.4, -0.2) is 104 Å². The van der Waals surface area contributed by atoms with E-state index in [1.807, 2.05) is 24.3 Å². The Bertz CT molecular complexity index is 1550. The van der Waals surface area contributed by atoms with Crippen molar-refractivity contribution in [2.24, 2.45) is 17.8 Å². The summed E-state index contributed by atoms with van der Waals surface area (Å²) in [6, 6.07) is 12.7. The molecule has 0 aromatic heterocycles. The van der Waals surface area contributed by atoms with Crippen LogP contribution in [0, 0.1) is 17.8 Å². The van der Waals surface area contributed by atoms with E-state index in [0.717, 1.165) is 81.8 Å². The molecule has 10 heteroatoms. The number of likely N-dealkylation sites (tertiary alicyclic amines) is 1. The van der Waals surface area contributed by atoms with Crippen molar-refractivity contribution in [2.45, 2.75) is 96.3 Å². The van der Waals surface area contributed by atoms with Gasteiger partial charge in [0.25, 0.3) is 5.91 Å². The molecule has 6 unspecified atom stereocenters. The number of hydrogen-bond acceptors (Lipinski definition) is 7. The standard InChI is InChI=1S/C43H63ClN4O3S.CH4O/c1-7-9-13-34(26-47(22-23-49)29-38-14-10-11-21-46(38)5)40-18-15-35(40)27-48-28-36(39-19-17-37(44)24-32(39)12-8-2)30-51-42-20-16-33(25-41(42)48)43(50)45-52(6)31(3)4;1-2/h9,13,16-17,19-20,23-25,31,34-36,38,40H,6-8,10-12,14-15,18,21-22,26-30H2,1-5H3,(H,45,50);2H,1H3/b13-9+;. The van der Waals surface area contributed by atoms with Gasteiger partial charge in [-0.25, -0.2) is 0 Å². The molecule has 5 rings (SSSR count). The molecule has 8 nitrogen and oxygen atoms in total. The fourth-order valence-electron chi connectivity index (χ4n) is 8.37. The largest absolute Gasteiger partial charge is 0.491 e. The Labute approximate surface area is 333 Å². The topological polar surface area (TPSA) is 85.4 Å². The van der Waals surface area contributed by atoms with Gasteiger partial charge in [-0.05, 0) is 111 Å². The third kappa shape index (κ3) is 11.9. The predicted molar refractivity (Wildman–Crippen MR) is 230 cm³/mol. The van der Waals surface area contributed by atoms with Crippen LogP contribution in [0.15, 0.2) is 48.6 Å². The molecule has 2 fully saturated rings. The minimum atomic E-state index is -0.470. The Morgan fingerprint density at radius 3 is 2.61 bits per heavy atom. The molecule has 2 aliphatic heterocycles. The number of fused-ring (bicyclic) bond motifs is 1. The molecule has 0 spiro atoms. The maximum absolute atomic E-state index is 13.5. The lowest BCUT2D eigenvalue weighted by atomic mass is 9.66. The van der Waals surface area contributed by atoms with Crippen molar-refractivity contribution in [1.82, 2.24) is 14.5 Å². The first kappa shape index (κ1) is 44.0. The Morgan fingerprint density at radius 1 is 1.15 bits per heavy atom. The average Bonchev–Trinajstić information content (AvgIpc) is 3.33. The van der Waals surface area contributed by atoms with E-state index < -0.39 is 10.7 Å². The summed E-state index contributed by atoms with van der Waals surface area (Å²) in [5, 5.41) is 8.03. The number of aliphatic hydroxyl groups excluding tert-OH is 1. The van der Waals surface area contributed by atoms with E-state index in [0.29, 0.717) is 42.5 Å². The molecule has 2 aromatic rings. The number of ether oxygens (including phenoxy) is 1. The van der Waals surface area contributed by atoms with Crippen LogP contribution in [0.25, 0.3) is 0 Å². The summed E-state index contributed by atoms with van der Waals surface area (Å²) in [6.07, 6.45) is 15.0. The van der Waals surface area contributed by atoms with Crippen LogP contribution in [0.3, 0.4) is 0 Å². The summed E-state index contributed by atoms with van der Waals surface area (Å²) >= 11 is 6.51. The summed E-state index contributed by atoms with van der Waals surface area (Å²) in [7, 11) is 2.77. The lowest BCUT2D eigenvalue weighted by Gasteiger charge is -2.46. The Hall–Kier alpha value is -2.69. The average molecular weight is 784 g/mol. The van der Waals surface area contributed by atoms with Crippen molar-refractivity contribution >= 4 is 46.0 Å². The number of nitrogens with one attached hydrogen (secondary N) is 1. The smallest absolute Gasteiger partial charge is 0.260 e. The molecule has 1 amide bonds. The number of allylic oxidation sites excluding steroid dienone is 1. The van der Waals surface area contributed by atoms with Gasteiger partial charge in [0, 0.05) is 61.1 Å². The van der Waals surface area contributed by atoms with Crippen molar-refractivity contribution in [3.05, 3.63) is 70.3 Å². The molecule has 1 aliphatic carbocycles. The van der Waals surface area contributed by atoms with Crippen LogP contribution in [0.2, 0.25) is 5.02 Å². The second kappa shape index (κ2) is 22.2. The van der Waals surface area contributed by atoms with Crippen LogP contribution in [-0.2, 0) is 11.2 Å². The molecular formula is C44H67ClN4O4S. The molecule has 6 atom stereocenters. The van der Waals surface area contributed by atoms with Crippen LogP contribution in [0.4, 0.5) is 5.69 Å². The van der Waals surface area contributed by atoms with E-state index in [-0.39, 0.29) is 17.1 Å².